The molecule has 0 bridgehead atoms. The van der Waals surface area contributed by atoms with E-state index in [4.69, 9.17) is 15.2 Å². The number of ketones is 1. The van der Waals surface area contributed by atoms with Crippen LogP contribution in [0.5, 0.6) is 5.75 Å². The van der Waals surface area contributed by atoms with Crippen LogP contribution in [0.25, 0.3) is 0 Å². The average molecular weight is 456 g/mol. The third-order valence-corrected chi connectivity index (χ3v) is 6.82. The quantitative estimate of drug-likeness (QED) is 0.754. The number of carbonyl (C=O) groups is 2. The summed E-state index contributed by atoms with van der Waals surface area (Å²) in [5, 5.41) is 10.2. The summed E-state index contributed by atoms with van der Waals surface area (Å²) in [5.41, 5.74) is 6.55. The van der Waals surface area contributed by atoms with Crippen LogP contribution in [0.2, 0.25) is 0 Å². The molecule has 1 aliphatic carbocycles. The van der Waals surface area contributed by atoms with Crippen molar-refractivity contribution in [2.24, 2.45) is 11.1 Å². The lowest BCUT2D eigenvalue weighted by Crippen LogP contribution is -2.50. The highest BCUT2D eigenvalue weighted by atomic mass is 16.5. The van der Waals surface area contributed by atoms with Crippen molar-refractivity contribution in [2.45, 2.75) is 38.6 Å². The van der Waals surface area contributed by atoms with Crippen LogP contribution < -0.4 is 15.4 Å². The van der Waals surface area contributed by atoms with Crippen LogP contribution in [0.4, 0.5) is 5.69 Å². The number of fused-ring (bicyclic) bond motifs is 3. The van der Waals surface area contributed by atoms with Gasteiger partial charge in [0.1, 0.15) is 28.6 Å². The van der Waals surface area contributed by atoms with E-state index in [0.717, 1.165) is 5.56 Å². The molecule has 2 heterocycles. The first-order valence-corrected chi connectivity index (χ1v) is 11.1. The second kappa shape index (κ2) is 7.49. The summed E-state index contributed by atoms with van der Waals surface area (Å²) in [6, 6.07) is 16.8. The molecule has 5 rings (SSSR count). The van der Waals surface area contributed by atoms with E-state index in [0.29, 0.717) is 29.2 Å². The molecule has 2 aliphatic heterocycles. The molecule has 0 fully saturated rings. The Hall–Kier alpha value is -4.05. The number of hydrogen-bond acceptors (Lipinski definition) is 6. The zero-order valence-corrected chi connectivity index (χ0v) is 19.3. The molecule has 1 amide bonds. The maximum Gasteiger partial charge on any atom is 0.248 e. The molecule has 0 unspecified atom stereocenters. The van der Waals surface area contributed by atoms with Gasteiger partial charge in [-0.1, -0.05) is 44.2 Å². The average Bonchev–Trinajstić information content (AvgIpc) is 3.02. The highest BCUT2D eigenvalue weighted by molar-refractivity contribution is 6.20. The molecule has 1 atom stereocenters. The fourth-order valence-electron chi connectivity index (χ4n) is 5.45. The highest BCUT2D eigenvalue weighted by Crippen LogP contribution is 2.57. The molecule has 34 heavy (non-hydrogen) atoms. The monoisotopic (exact) mass is 455 g/mol. The lowest BCUT2D eigenvalue weighted by atomic mass is 9.62. The number of nitriles is 1. The Morgan fingerprint density at radius 1 is 1.15 bits per heavy atom. The molecule has 2 aromatic carbocycles. The summed E-state index contributed by atoms with van der Waals surface area (Å²) in [6.45, 7) is 4.20. The number of nitrogens with zero attached hydrogens (tertiary/aromatic N) is 2. The number of Topliss-reactive ketones (excluding diaryl/α,β-unsaturated/α-hetero) is 1. The van der Waals surface area contributed by atoms with E-state index in [-0.39, 0.29) is 47.1 Å². The number of ether oxygens (including phenoxy) is 2. The van der Waals surface area contributed by atoms with Gasteiger partial charge in [0.05, 0.1) is 19.2 Å². The summed E-state index contributed by atoms with van der Waals surface area (Å²) < 4.78 is 11.2. The number of para-hydroxylation sites is 1. The van der Waals surface area contributed by atoms with Gasteiger partial charge in [-0.2, -0.15) is 5.26 Å². The molecular weight excluding hydrogens is 430 g/mol. The maximum atomic E-state index is 14.4. The van der Waals surface area contributed by atoms with Crippen LogP contribution in [0, 0.1) is 16.7 Å². The van der Waals surface area contributed by atoms with Gasteiger partial charge < -0.3 is 20.1 Å². The number of anilines is 1. The number of amides is 1. The number of hydrogen-bond donors (Lipinski definition) is 1. The predicted molar refractivity (Wildman–Crippen MR) is 125 cm³/mol. The van der Waals surface area contributed by atoms with Gasteiger partial charge in [-0.3, -0.25) is 9.59 Å². The predicted octanol–water partition coefficient (Wildman–Crippen LogP) is 3.85. The standard InChI is InChI=1S/C27H25N3O4/c1-26(2)12-21(31)23-22(13-26)34-24(29)19(14-28)27(23)18-9-4-5-10-20(18)30(25(27)32)15-16-7-6-8-17(11-16)33-3/h4-11H,12-13,15,29H2,1-3H3/t27-/m0/s1. The van der Waals surface area contributed by atoms with Crippen molar-refractivity contribution in [3.63, 3.8) is 0 Å². The Morgan fingerprint density at radius 2 is 1.91 bits per heavy atom. The van der Waals surface area contributed by atoms with Crippen molar-refractivity contribution < 1.29 is 19.1 Å². The number of rotatable bonds is 3. The first kappa shape index (κ1) is 21.8. The van der Waals surface area contributed by atoms with E-state index < -0.39 is 5.41 Å². The van der Waals surface area contributed by atoms with Crippen molar-refractivity contribution in [1.82, 2.24) is 0 Å². The van der Waals surface area contributed by atoms with Crippen LogP contribution in [0.1, 0.15) is 37.8 Å². The molecule has 0 saturated heterocycles. The molecule has 2 N–H and O–H groups in total. The molecule has 2 aromatic rings. The smallest absolute Gasteiger partial charge is 0.248 e. The minimum absolute atomic E-state index is 0.0371. The normalized spacial score (nSPS) is 22.9. The minimum atomic E-state index is -1.62. The zero-order valence-electron chi connectivity index (χ0n) is 19.3. The van der Waals surface area contributed by atoms with Crippen LogP contribution in [0.3, 0.4) is 0 Å². The lowest BCUT2D eigenvalue weighted by molar-refractivity contribution is -0.125. The molecular formula is C27H25N3O4. The van der Waals surface area contributed by atoms with Gasteiger partial charge in [0.2, 0.25) is 11.8 Å². The van der Waals surface area contributed by atoms with E-state index in [1.165, 1.54) is 0 Å². The molecule has 7 nitrogen and oxygen atoms in total. The van der Waals surface area contributed by atoms with Crippen molar-refractivity contribution in [2.75, 3.05) is 12.0 Å². The van der Waals surface area contributed by atoms with Crippen LogP contribution in [-0.4, -0.2) is 18.8 Å². The fraction of sp³-hybridized carbons (Fsp3) is 0.296. The summed E-state index contributed by atoms with van der Waals surface area (Å²) in [6.07, 6.45) is 0.696. The van der Waals surface area contributed by atoms with Crippen molar-refractivity contribution in [3.8, 4) is 11.8 Å². The molecule has 172 valence electrons. The molecule has 0 radical (unpaired) electrons. The van der Waals surface area contributed by atoms with Gasteiger partial charge in [0, 0.05) is 24.1 Å². The Morgan fingerprint density at radius 3 is 2.65 bits per heavy atom. The highest BCUT2D eigenvalue weighted by Gasteiger charge is 2.62. The van der Waals surface area contributed by atoms with E-state index in [1.54, 1.807) is 24.1 Å². The molecule has 3 aliphatic rings. The van der Waals surface area contributed by atoms with Crippen molar-refractivity contribution >= 4 is 17.4 Å². The molecule has 0 aromatic heterocycles. The van der Waals surface area contributed by atoms with Crippen molar-refractivity contribution in [1.29, 1.82) is 5.26 Å². The topological polar surface area (TPSA) is 106 Å². The molecule has 0 saturated carbocycles. The lowest BCUT2D eigenvalue weighted by Gasteiger charge is -2.41. The molecule has 7 heteroatoms. The van der Waals surface area contributed by atoms with Crippen LogP contribution in [-0.2, 0) is 26.3 Å². The van der Waals surface area contributed by atoms with Gasteiger partial charge >= 0.3 is 0 Å². The summed E-state index contributed by atoms with van der Waals surface area (Å²) in [5.74, 6) is 0.356. The third kappa shape index (κ3) is 2.95. The van der Waals surface area contributed by atoms with Crippen LogP contribution in [0.15, 0.2) is 71.3 Å². The zero-order chi connectivity index (χ0) is 24.3. The summed E-state index contributed by atoms with van der Waals surface area (Å²) >= 11 is 0. The second-order valence-corrected chi connectivity index (χ2v) is 9.70. The number of benzene rings is 2. The van der Waals surface area contributed by atoms with E-state index in [2.05, 4.69) is 6.07 Å². The Balaban J connectivity index is 1.75. The number of nitrogens with two attached hydrogens (primary N) is 1. The third-order valence-electron chi connectivity index (χ3n) is 6.82. The number of allylic oxidation sites excluding steroid dienone is 1. The SMILES string of the molecule is COc1cccc(CN2C(=O)[C@]3(C(C#N)=C(N)OC4=C3C(=O)CC(C)(C)C4)c3ccccc32)c1. The summed E-state index contributed by atoms with van der Waals surface area (Å²) in [4.78, 5) is 29.6. The summed E-state index contributed by atoms with van der Waals surface area (Å²) in [7, 11) is 1.59. The van der Waals surface area contributed by atoms with Gasteiger partial charge in [0.15, 0.2) is 5.78 Å². The Bertz CT molecular complexity index is 1350. The fourth-order valence-corrected chi connectivity index (χ4v) is 5.45. The van der Waals surface area contributed by atoms with E-state index in [1.807, 2.05) is 50.2 Å². The Kier molecular flexibility index (Phi) is 4.80. The van der Waals surface area contributed by atoms with E-state index in [9.17, 15) is 14.9 Å². The van der Waals surface area contributed by atoms with Gasteiger partial charge in [-0.05, 0) is 29.2 Å². The van der Waals surface area contributed by atoms with Crippen LogP contribution >= 0.6 is 0 Å². The van der Waals surface area contributed by atoms with Gasteiger partial charge in [-0.25, -0.2) is 0 Å². The van der Waals surface area contributed by atoms with E-state index >= 15 is 0 Å². The first-order chi connectivity index (χ1) is 16.2. The Labute approximate surface area is 198 Å². The number of methoxy groups -OCH3 is 1. The molecule has 1 spiro atoms. The number of carbonyl (C=O) groups excluding carboxylic acids is 2. The minimum Gasteiger partial charge on any atom is -0.497 e. The second-order valence-electron chi connectivity index (χ2n) is 9.70. The van der Waals surface area contributed by atoms with Gasteiger partial charge in [-0.15, -0.1) is 0 Å². The van der Waals surface area contributed by atoms with Crippen molar-refractivity contribution in [3.05, 3.63) is 82.4 Å². The maximum absolute atomic E-state index is 14.4. The largest absolute Gasteiger partial charge is 0.497 e. The van der Waals surface area contributed by atoms with Gasteiger partial charge in [0.25, 0.3) is 0 Å². The first-order valence-electron chi connectivity index (χ1n) is 11.1.